The number of aryl methyl sites for hydroxylation is 4. The predicted molar refractivity (Wildman–Crippen MR) is 125 cm³/mol. The summed E-state index contributed by atoms with van der Waals surface area (Å²) in [7, 11) is -3.01. The number of carbonyl (C=O) groups is 1. The molecule has 0 saturated heterocycles. The first-order chi connectivity index (χ1) is 15.6. The maximum absolute atomic E-state index is 13.3. The van der Waals surface area contributed by atoms with Crippen molar-refractivity contribution in [2.24, 2.45) is 0 Å². The summed E-state index contributed by atoms with van der Waals surface area (Å²) in [5.74, 6) is -0.423. The molecule has 162 valence electrons. The molecule has 4 aliphatic carbocycles. The van der Waals surface area contributed by atoms with Gasteiger partial charge in [-0.25, -0.2) is 8.63 Å². The summed E-state index contributed by atoms with van der Waals surface area (Å²) >= 11 is 0. The highest BCUT2D eigenvalue weighted by atomic mass is 19.2. The Kier molecular flexibility index (Phi) is 7.15. The van der Waals surface area contributed by atoms with Crippen LogP contribution in [-0.2, 0) is 30.3 Å². The topological polar surface area (TPSA) is 26.3 Å². The zero-order valence-corrected chi connectivity index (χ0v) is 17.9. The van der Waals surface area contributed by atoms with Gasteiger partial charge in [0.1, 0.15) is 5.76 Å². The fourth-order valence-electron chi connectivity index (χ4n) is 4.15. The van der Waals surface area contributed by atoms with Crippen LogP contribution in [0.25, 0.3) is 5.76 Å². The van der Waals surface area contributed by atoms with E-state index in [9.17, 15) is 13.4 Å². The molecular formula is C27H25BF2O2. The summed E-state index contributed by atoms with van der Waals surface area (Å²) in [6.45, 7) is 0. The van der Waals surface area contributed by atoms with Gasteiger partial charge in [-0.2, -0.15) is 0 Å². The average Bonchev–Trinajstić information content (AvgIpc) is 2.80. The van der Waals surface area contributed by atoms with Crippen molar-refractivity contribution in [1.82, 2.24) is 0 Å². The Morgan fingerprint density at radius 3 is 2.03 bits per heavy atom. The molecule has 0 spiro atoms. The van der Waals surface area contributed by atoms with Crippen LogP contribution in [0.15, 0.2) is 78.9 Å². The molecule has 2 nitrogen and oxygen atoms in total. The lowest BCUT2D eigenvalue weighted by molar-refractivity contribution is 0.104. The van der Waals surface area contributed by atoms with Crippen LogP contribution in [0.2, 0.25) is 0 Å². The van der Waals surface area contributed by atoms with Gasteiger partial charge in [-0.3, -0.25) is 4.79 Å². The van der Waals surface area contributed by atoms with Crippen molar-refractivity contribution >= 4 is 19.0 Å². The van der Waals surface area contributed by atoms with Crippen LogP contribution in [0, 0.1) is 0 Å². The second kappa shape index (κ2) is 10.4. The van der Waals surface area contributed by atoms with Crippen molar-refractivity contribution < 1.29 is 18.1 Å². The van der Waals surface area contributed by atoms with Gasteiger partial charge in [0.25, 0.3) is 0 Å². The van der Waals surface area contributed by atoms with E-state index in [1.807, 2.05) is 12.1 Å². The third-order valence-corrected chi connectivity index (χ3v) is 5.84. The second-order valence-corrected chi connectivity index (χ2v) is 8.13. The molecule has 0 atom stereocenters. The van der Waals surface area contributed by atoms with E-state index < -0.39 is 7.47 Å². The molecule has 0 heterocycles. The molecule has 4 aliphatic rings. The molecule has 0 aromatic heterocycles. The standard InChI is InChI=1S/C27H25BF2O2/c29-28(30)32-27(19-26(31)24-9-2-1-3-10-24)25-18-22-8-4-6-20-12-14-21(15-13-20)7-5-11-23(25)17-16-22/h1-3,9-10,12-19H,4-8,11H2/b27-19+. The van der Waals surface area contributed by atoms with E-state index in [1.165, 1.54) is 17.2 Å². The smallest absolute Gasteiger partial charge is 0.505 e. The molecule has 0 radical (unpaired) electrons. The zero-order valence-electron chi connectivity index (χ0n) is 17.9. The first kappa shape index (κ1) is 22.0. The number of hydrogen-bond donors (Lipinski definition) is 0. The number of halogens is 2. The molecule has 4 bridgehead atoms. The summed E-state index contributed by atoms with van der Waals surface area (Å²) in [5, 5.41) is 0. The summed E-state index contributed by atoms with van der Waals surface area (Å²) in [5.41, 5.74) is 5.55. The molecular weight excluding hydrogens is 405 g/mol. The quantitative estimate of drug-likeness (QED) is 0.200. The molecule has 3 aromatic carbocycles. The molecule has 5 heteroatoms. The minimum absolute atomic E-state index is 0.0684. The lowest BCUT2D eigenvalue weighted by Gasteiger charge is -2.16. The normalized spacial score (nSPS) is 14.1. The minimum atomic E-state index is -3.01. The lowest BCUT2D eigenvalue weighted by atomic mass is 9.93. The molecule has 0 fully saturated rings. The third-order valence-electron chi connectivity index (χ3n) is 5.84. The Labute approximate surface area is 188 Å². The Balaban J connectivity index is 1.70. The Hall–Kier alpha value is -3.21. The maximum Gasteiger partial charge on any atom is 0.796 e. The van der Waals surface area contributed by atoms with Gasteiger partial charge in [-0.15, -0.1) is 0 Å². The van der Waals surface area contributed by atoms with Crippen LogP contribution in [0.5, 0.6) is 0 Å². The molecule has 0 unspecified atom stereocenters. The van der Waals surface area contributed by atoms with Crippen molar-refractivity contribution in [2.45, 2.75) is 38.5 Å². The third kappa shape index (κ3) is 5.73. The Morgan fingerprint density at radius 1 is 0.781 bits per heavy atom. The van der Waals surface area contributed by atoms with E-state index in [0.29, 0.717) is 17.5 Å². The van der Waals surface area contributed by atoms with Crippen molar-refractivity contribution in [1.29, 1.82) is 0 Å². The number of ketones is 1. The van der Waals surface area contributed by atoms with Gasteiger partial charge in [0.05, 0.1) is 0 Å². The molecule has 3 aromatic rings. The zero-order chi connectivity index (χ0) is 22.3. The number of benzene rings is 3. The van der Waals surface area contributed by atoms with Crippen molar-refractivity contribution in [2.75, 3.05) is 0 Å². The van der Waals surface area contributed by atoms with E-state index in [-0.39, 0.29) is 11.5 Å². The summed E-state index contributed by atoms with van der Waals surface area (Å²) in [6.07, 6.45) is 6.42. The van der Waals surface area contributed by atoms with Gasteiger partial charge >= 0.3 is 7.47 Å². The number of allylic oxidation sites excluding steroid dienone is 1. The van der Waals surface area contributed by atoms with Crippen LogP contribution >= 0.6 is 0 Å². The molecule has 7 rings (SSSR count). The Morgan fingerprint density at radius 2 is 1.38 bits per heavy atom. The van der Waals surface area contributed by atoms with Crippen LogP contribution in [0.1, 0.15) is 51.0 Å². The van der Waals surface area contributed by atoms with Gasteiger partial charge in [-0.05, 0) is 66.8 Å². The highest BCUT2D eigenvalue weighted by molar-refractivity contribution is 6.36. The van der Waals surface area contributed by atoms with Gasteiger partial charge in [0, 0.05) is 17.2 Å². The van der Waals surface area contributed by atoms with Gasteiger partial charge in [0.15, 0.2) is 5.78 Å². The highest BCUT2D eigenvalue weighted by Crippen LogP contribution is 2.27. The van der Waals surface area contributed by atoms with E-state index in [1.54, 1.807) is 30.3 Å². The predicted octanol–water partition coefficient (Wildman–Crippen LogP) is 6.51. The van der Waals surface area contributed by atoms with Crippen LogP contribution in [-0.4, -0.2) is 13.3 Å². The first-order valence-electron chi connectivity index (χ1n) is 11.0. The lowest BCUT2D eigenvalue weighted by Crippen LogP contribution is -2.09. The van der Waals surface area contributed by atoms with E-state index in [0.717, 1.165) is 43.2 Å². The number of carbonyl (C=O) groups excluding carboxylic acids is 1. The second-order valence-electron chi connectivity index (χ2n) is 8.13. The Bertz CT molecular complexity index is 1090. The maximum atomic E-state index is 13.3. The van der Waals surface area contributed by atoms with Crippen molar-refractivity contribution in [3.63, 3.8) is 0 Å². The van der Waals surface area contributed by atoms with E-state index in [4.69, 9.17) is 4.65 Å². The van der Waals surface area contributed by atoms with Gasteiger partial charge in [-0.1, -0.05) is 66.7 Å². The first-order valence-corrected chi connectivity index (χ1v) is 11.0. The summed E-state index contributed by atoms with van der Waals surface area (Å²) < 4.78 is 31.5. The summed E-state index contributed by atoms with van der Waals surface area (Å²) in [4.78, 5) is 12.7. The van der Waals surface area contributed by atoms with Gasteiger partial charge < -0.3 is 4.65 Å². The number of hydrogen-bond acceptors (Lipinski definition) is 2. The number of rotatable bonds is 5. The van der Waals surface area contributed by atoms with Crippen molar-refractivity contribution in [3.8, 4) is 0 Å². The fourth-order valence-corrected chi connectivity index (χ4v) is 4.15. The SMILES string of the molecule is O=C(/C=C(/OB(F)F)c1cc2ccc1CCCc1ccc(cc1)CCC2)c1ccccc1. The van der Waals surface area contributed by atoms with Crippen LogP contribution in [0.4, 0.5) is 8.63 Å². The fraction of sp³-hybridized carbons (Fsp3) is 0.222. The highest BCUT2D eigenvalue weighted by Gasteiger charge is 2.23. The monoisotopic (exact) mass is 430 g/mol. The molecule has 0 N–H and O–H groups in total. The largest absolute Gasteiger partial charge is 0.796 e. The minimum Gasteiger partial charge on any atom is -0.505 e. The van der Waals surface area contributed by atoms with Gasteiger partial charge in [0.2, 0.25) is 0 Å². The van der Waals surface area contributed by atoms with Crippen LogP contribution in [0.3, 0.4) is 0 Å². The molecule has 0 aliphatic heterocycles. The summed E-state index contributed by atoms with van der Waals surface area (Å²) in [6, 6.07) is 23.3. The van der Waals surface area contributed by atoms with E-state index in [2.05, 4.69) is 30.3 Å². The molecule has 32 heavy (non-hydrogen) atoms. The van der Waals surface area contributed by atoms with E-state index >= 15 is 0 Å². The molecule has 0 amide bonds. The molecule has 0 saturated carbocycles. The average molecular weight is 430 g/mol. The van der Waals surface area contributed by atoms with Crippen LogP contribution < -0.4 is 0 Å². The van der Waals surface area contributed by atoms with Crippen molar-refractivity contribution in [3.05, 3.63) is 112 Å².